The predicted molar refractivity (Wildman–Crippen MR) is 77.2 cm³/mol. The lowest BCUT2D eigenvalue weighted by Gasteiger charge is -2.28. The van der Waals surface area contributed by atoms with Gasteiger partial charge in [-0.2, -0.15) is 0 Å². The number of benzene rings is 1. The summed E-state index contributed by atoms with van der Waals surface area (Å²) in [5.74, 6) is 6.51. The van der Waals surface area contributed by atoms with E-state index < -0.39 is 0 Å². The molecule has 0 aromatic heterocycles. The SMILES string of the molecule is CC(C)(C)CC(NN)c1ccc(C2CCC2)cc1. The Morgan fingerprint density at radius 1 is 1.22 bits per heavy atom. The Hall–Kier alpha value is -0.860. The van der Waals surface area contributed by atoms with Crippen molar-refractivity contribution >= 4 is 0 Å². The summed E-state index contributed by atoms with van der Waals surface area (Å²) in [7, 11) is 0. The summed E-state index contributed by atoms with van der Waals surface area (Å²) >= 11 is 0. The molecule has 3 N–H and O–H groups in total. The summed E-state index contributed by atoms with van der Waals surface area (Å²) in [5.41, 5.74) is 6.03. The van der Waals surface area contributed by atoms with Gasteiger partial charge in [-0.25, -0.2) is 0 Å². The first-order valence-electron chi connectivity index (χ1n) is 7.05. The maximum absolute atomic E-state index is 5.70. The Morgan fingerprint density at radius 3 is 2.22 bits per heavy atom. The molecule has 0 saturated heterocycles. The molecule has 18 heavy (non-hydrogen) atoms. The van der Waals surface area contributed by atoms with Gasteiger partial charge in [0.2, 0.25) is 0 Å². The lowest BCUT2D eigenvalue weighted by molar-refractivity contribution is 0.313. The Bertz CT molecular complexity index is 371. The largest absolute Gasteiger partial charge is 0.271 e. The topological polar surface area (TPSA) is 38.0 Å². The minimum atomic E-state index is 0.250. The van der Waals surface area contributed by atoms with Crippen molar-refractivity contribution in [2.24, 2.45) is 11.3 Å². The van der Waals surface area contributed by atoms with Crippen LogP contribution in [-0.2, 0) is 0 Å². The summed E-state index contributed by atoms with van der Waals surface area (Å²) < 4.78 is 0. The number of rotatable bonds is 4. The maximum Gasteiger partial charge on any atom is 0.0464 e. The van der Waals surface area contributed by atoms with E-state index in [9.17, 15) is 0 Å². The zero-order valence-corrected chi connectivity index (χ0v) is 11.9. The lowest BCUT2D eigenvalue weighted by atomic mass is 9.79. The molecular weight excluding hydrogens is 220 g/mol. The van der Waals surface area contributed by atoms with Crippen LogP contribution in [0.4, 0.5) is 0 Å². The molecule has 2 nitrogen and oxygen atoms in total. The highest BCUT2D eigenvalue weighted by atomic mass is 15.2. The number of hydrogen-bond donors (Lipinski definition) is 2. The molecule has 0 heterocycles. The third-order valence-corrected chi connectivity index (χ3v) is 3.93. The number of hydrogen-bond acceptors (Lipinski definition) is 2. The first-order valence-corrected chi connectivity index (χ1v) is 7.05. The van der Waals surface area contributed by atoms with E-state index in [2.05, 4.69) is 50.5 Å². The smallest absolute Gasteiger partial charge is 0.0464 e. The second-order valence-corrected chi connectivity index (χ2v) is 6.78. The molecule has 1 aliphatic rings. The Balaban J connectivity index is 2.06. The minimum Gasteiger partial charge on any atom is -0.271 e. The lowest BCUT2D eigenvalue weighted by Crippen LogP contribution is -2.31. The van der Waals surface area contributed by atoms with E-state index in [4.69, 9.17) is 5.84 Å². The molecule has 2 rings (SSSR count). The molecule has 0 bridgehead atoms. The van der Waals surface area contributed by atoms with Crippen LogP contribution in [0.1, 0.15) is 69.5 Å². The summed E-state index contributed by atoms with van der Waals surface area (Å²) in [6, 6.07) is 9.30. The number of nitrogens with one attached hydrogen (secondary N) is 1. The highest BCUT2D eigenvalue weighted by Gasteiger charge is 2.21. The molecule has 1 fully saturated rings. The van der Waals surface area contributed by atoms with Gasteiger partial charge in [-0.15, -0.1) is 0 Å². The fourth-order valence-corrected chi connectivity index (χ4v) is 2.63. The molecule has 0 spiro atoms. The predicted octanol–water partition coefficient (Wildman–Crippen LogP) is 3.89. The van der Waals surface area contributed by atoms with E-state index in [0.717, 1.165) is 12.3 Å². The van der Waals surface area contributed by atoms with Crippen molar-refractivity contribution in [3.8, 4) is 0 Å². The van der Waals surface area contributed by atoms with Crippen molar-refractivity contribution in [1.82, 2.24) is 5.43 Å². The van der Waals surface area contributed by atoms with E-state index in [1.165, 1.54) is 30.4 Å². The highest BCUT2D eigenvalue weighted by molar-refractivity contribution is 5.28. The van der Waals surface area contributed by atoms with Gasteiger partial charge in [-0.05, 0) is 41.7 Å². The monoisotopic (exact) mass is 246 g/mol. The van der Waals surface area contributed by atoms with Crippen molar-refractivity contribution in [1.29, 1.82) is 0 Å². The number of hydrazine groups is 1. The molecule has 1 unspecified atom stereocenters. The molecule has 1 saturated carbocycles. The second-order valence-electron chi connectivity index (χ2n) is 6.78. The molecule has 1 aromatic carbocycles. The molecule has 0 amide bonds. The fourth-order valence-electron chi connectivity index (χ4n) is 2.63. The Labute approximate surface area is 111 Å². The van der Waals surface area contributed by atoms with Gasteiger partial charge in [0.25, 0.3) is 0 Å². The van der Waals surface area contributed by atoms with Crippen molar-refractivity contribution in [2.75, 3.05) is 0 Å². The van der Waals surface area contributed by atoms with E-state index in [1.807, 2.05) is 0 Å². The van der Waals surface area contributed by atoms with Gasteiger partial charge in [-0.1, -0.05) is 51.5 Å². The van der Waals surface area contributed by atoms with Gasteiger partial charge in [0.1, 0.15) is 0 Å². The average Bonchev–Trinajstić information content (AvgIpc) is 2.23. The molecule has 0 aliphatic heterocycles. The number of nitrogens with two attached hydrogens (primary N) is 1. The Morgan fingerprint density at radius 2 is 1.83 bits per heavy atom. The van der Waals surface area contributed by atoms with Crippen LogP contribution < -0.4 is 11.3 Å². The van der Waals surface area contributed by atoms with Gasteiger partial charge in [-0.3, -0.25) is 11.3 Å². The molecule has 0 radical (unpaired) electrons. The van der Waals surface area contributed by atoms with Crippen molar-refractivity contribution in [3.63, 3.8) is 0 Å². The molecule has 1 aliphatic carbocycles. The zero-order chi connectivity index (χ0) is 13.2. The molecular formula is C16H26N2. The van der Waals surface area contributed by atoms with E-state index >= 15 is 0 Å². The van der Waals surface area contributed by atoms with Crippen LogP contribution >= 0.6 is 0 Å². The molecule has 100 valence electrons. The quantitative estimate of drug-likeness (QED) is 0.624. The fraction of sp³-hybridized carbons (Fsp3) is 0.625. The summed E-state index contributed by atoms with van der Waals surface area (Å²) in [4.78, 5) is 0. The van der Waals surface area contributed by atoms with Crippen molar-refractivity contribution in [2.45, 2.75) is 58.4 Å². The third kappa shape index (κ3) is 3.33. The van der Waals surface area contributed by atoms with Crippen LogP contribution in [0.5, 0.6) is 0 Å². The highest BCUT2D eigenvalue weighted by Crippen LogP contribution is 2.37. The molecule has 1 aromatic rings. The van der Waals surface area contributed by atoms with E-state index in [1.54, 1.807) is 0 Å². The van der Waals surface area contributed by atoms with Gasteiger partial charge >= 0.3 is 0 Å². The summed E-state index contributed by atoms with van der Waals surface area (Å²) in [6.45, 7) is 6.75. The minimum absolute atomic E-state index is 0.250. The Kier molecular flexibility index (Phi) is 4.08. The van der Waals surface area contributed by atoms with Crippen molar-refractivity contribution < 1.29 is 0 Å². The van der Waals surface area contributed by atoms with Crippen LogP contribution in [0.3, 0.4) is 0 Å². The van der Waals surface area contributed by atoms with Gasteiger partial charge in [0.15, 0.2) is 0 Å². The van der Waals surface area contributed by atoms with Gasteiger partial charge in [0.05, 0.1) is 0 Å². The summed E-state index contributed by atoms with van der Waals surface area (Å²) in [6.07, 6.45) is 5.16. The van der Waals surface area contributed by atoms with E-state index in [-0.39, 0.29) is 11.5 Å². The van der Waals surface area contributed by atoms with Crippen LogP contribution in [-0.4, -0.2) is 0 Å². The zero-order valence-electron chi connectivity index (χ0n) is 11.9. The van der Waals surface area contributed by atoms with Crippen LogP contribution in [0.25, 0.3) is 0 Å². The van der Waals surface area contributed by atoms with E-state index in [0.29, 0.717) is 0 Å². The standard InChI is InChI=1S/C16H26N2/c1-16(2,3)11-15(18-17)14-9-7-13(8-10-14)12-5-4-6-12/h7-10,12,15,18H,4-6,11,17H2,1-3H3. The second kappa shape index (κ2) is 5.41. The maximum atomic E-state index is 5.70. The first-order chi connectivity index (χ1) is 8.49. The summed E-state index contributed by atoms with van der Waals surface area (Å²) in [5, 5.41) is 0. The normalized spacial score (nSPS) is 18.4. The average molecular weight is 246 g/mol. The van der Waals surface area contributed by atoms with Crippen LogP contribution in [0.2, 0.25) is 0 Å². The van der Waals surface area contributed by atoms with Gasteiger partial charge in [0, 0.05) is 6.04 Å². The first kappa shape index (κ1) is 13.6. The van der Waals surface area contributed by atoms with Gasteiger partial charge < -0.3 is 0 Å². The van der Waals surface area contributed by atoms with Crippen molar-refractivity contribution in [3.05, 3.63) is 35.4 Å². The molecule has 2 heteroatoms. The third-order valence-electron chi connectivity index (χ3n) is 3.93. The van der Waals surface area contributed by atoms with Crippen LogP contribution in [0.15, 0.2) is 24.3 Å². The molecule has 1 atom stereocenters. The van der Waals surface area contributed by atoms with Crippen LogP contribution in [0, 0.1) is 5.41 Å².